The molecule has 1 aromatic carbocycles. The van der Waals surface area contributed by atoms with Crippen molar-refractivity contribution in [3.63, 3.8) is 0 Å². The van der Waals surface area contributed by atoms with E-state index in [4.69, 9.17) is 30.8 Å². The van der Waals surface area contributed by atoms with Crippen molar-refractivity contribution in [1.82, 2.24) is 19.5 Å². The second-order valence-electron chi connectivity index (χ2n) is 10.4. The molecule has 6 rings (SSSR count). The van der Waals surface area contributed by atoms with E-state index in [1.165, 1.54) is 24.9 Å². The van der Waals surface area contributed by atoms with Crippen LogP contribution in [0.5, 0.6) is 5.88 Å². The summed E-state index contributed by atoms with van der Waals surface area (Å²) >= 11 is 5.84. The van der Waals surface area contributed by atoms with Crippen molar-refractivity contribution in [3.8, 4) is 5.88 Å². The van der Waals surface area contributed by atoms with Crippen LogP contribution in [0.15, 0.2) is 54.7 Å². The normalized spacial score (nSPS) is 18.6. The maximum Gasteiger partial charge on any atom is 0.339 e. The van der Waals surface area contributed by atoms with Crippen LogP contribution < -0.4 is 4.74 Å². The van der Waals surface area contributed by atoms with E-state index < -0.39 is 11.8 Å². The molecule has 1 unspecified atom stereocenters. The Labute approximate surface area is 242 Å². The average molecular weight is 577 g/mol. The van der Waals surface area contributed by atoms with E-state index in [2.05, 4.69) is 20.6 Å². The molecule has 10 heteroatoms. The highest BCUT2D eigenvalue weighted by Crippen LogP contribution is 2.33. The first-order valence-corrected chi connectivity index (χ1v) is 14.1. The lowest BCUT2D eigenvalue weighted by molar-refractivity contribution is -0.0590. The molecule has 1 fully saturated rings. The fourth-order valence-electron chi connectivity index (χ4n) is 5.30. The highest BCUT2D eigenvalue weighted by atomic mass is 35.5. The third-order valence-electron chi connectivity index (χ3n) is 7.72. The summed E-state index contributed by atoms with van der Waals surface area (Å²) in [4.78, 5) is 26.1. The highest BCUT2D eigenvalue weighted by Gasteiger charge is 2.25. The van der Waals surface area contributed by atoms with Gasteiger partial charge in [-0.2, -0.15) is 0 Å². The molecule has 0 amide bonds. The number of carbonyl (C=O) groups excluding carboxylic acids is 1. The Morgan fingerprint density at radius 3 is 2.80 bits per heavy atom. The summed E-state index contributed by atoms with van der Waals surface area (Å²) in [6.45, 7) is 1.53. The number of hydrogen-bond donors (Lipinski definition) is 0. The molecule has 212 valence electrons. The molecular formula is C31H30ClFN4O4. The second kappa shape index (κ2) is 12.0. The van der Waals surface area contributed by atoms with Crippen molar-refractivity contribution in [1.29, 1.82) is 0 Å². The summed E-state index contributed by atoms with van der Waals surface area (Å²) < 4.78 is 32.7. The van der Waals surface area contributed by atoms with Crippen LogP contribution in [0.4, 0.5) is 4.39 Å². The van der Waals surface area contributed by atoms with Crippen LogP contribution in [-0.2, 0) is 29.0 Å². The third kappa shape index (κ3) is 6.11. The number of carbonyl (C=O) groups is 1. The van der Waals surface area contributed by atoms with Gasteiger partial charge >= 0.3 is 5.97 Å². The lowest BCUT2D eigenvalue weighted by atomic mass is 9.86. The van der Waals surface area contributed by atoms with E-state index in [9.17, 15) is 9.18 Å². The summed E-state index contributed by atoms with van der Waals surface area (Å²) in [5.41, 5.74) is 4.32. The molecule has 0 saturated carbocycles. The van der Waals surface area contributed by atoms with Crippen molar-refractivity contribution < 1.29 is 23.4 Å². The quantitative estimate of drug-likeness (QED) is 0.219. The molecule has 2 aliphatic rings. The zero-order valence-electron chi connectivity index (χ0n) is 22.7. The minimum absolute atomic E-state index is 0.0729. The summed E-state index contributed by atoms with van der Waals surface area (Å²) in [5.74, 6) is 0.992. The minimum atomic E-state index is -0.418. The molecule has 0 bridgehead atoms. The fraction of sp³-hybridized carbons (Fsp3) is 0.355. The molecule has 0 radical (unpaired) electrons. The number of fused-ring (bicyclic) bond motifs is 1. The SMILES string of the molecule is COC(=O)c1cnc2nc(CC3CC=C(c4cccc(OCc5ccc(Cl)cc5F)n4)CC3)n(C[C@@H]3CCO3)c2c1. The van der Waals surface area contributed by atoms with E-state index in [-0.39, 0.29) is 12.7 Å². The highest BCUT2D eigenvalue weighted by molar-refractivity contribution is 6.30. The van der Waals surface area contributed by atoms with Gasteiger partial charge in [0, 0.05) is 35.9 Å². The summed E-state index contributed by atoms with van der Waals surface area (Å²) in [5, 5.41) is 0.350. The maximum absolute atomic E-state index is 14.1. The molecule has 4 aromatic rings. The number of esters is 1. The molecule has 0 N–H and O–H groups in total. The molecular weight excluding hydrogens is 547 g/mol. The number of halogens is 2. The van der Waals surface area contributed by atoms with E-state index in [1.807, 2.05) is 18.2 Å². The first-order chi connectivity index (χ1) is 20.0. The molecule has 2 atom stereocenters. The molecule has 41 heavy (non-hydrogen) atoms. The van der Waals surface area contributed by atoms with E-state index in [0.717, 1.165) is 55.7 Å². The molecule has 1 aliphatic heterocycles. The third-order valence-corrected chi connectivity index (χ3v) is 7.95. The monoisotopic (exact) mass is 576 g/mol. The van der Waals surface area contributed by atoms with Crippen molar-refractivity contribution >= 4 is 34.3 Å². The smallest absolute Gasteiger partial charge is 0.339 e. The Balaban J connectivity index is 1.15. The zero-order valence-corrected chi connectivity index (χ0v) is 23.4. The number of pyridine rings is 2. The maximum atomic E-state index is 14.1. The fourth-order valence-corrected chi connectivity index (χ4v) is 5.46. The van der Waals surface area contributed by atoms with E-state index >= 15 is 0 Å². The predicted molar refractivity (Wildman–Crippen MR) is 152 cm³/mol. The van der Waals surface area contributed by atoms with Crippen molar-refractivity contribution in [3.05, 3.63) is 88.2 Å². The summed E-state index contributed by atoms with van der Waals surface area (Å²) in [7, 11) is 1.36. The van der Waals surface area contributed by atoms with Gasteiger partial charge < -0.3 is 18.8 Å². The number of benzene rings is 1. The summed E-state index contributed by atoms with van der Waals surface area (Å²) in [6.07, 6.45) is 8.45. The molecule has 0 spiro atoms. The zero-order chi connectivity index (χ0) is 28.3. The van der Waals surface area contributed by atoms with Gasteiger partial charge in [0.15, 0.2) is 5.65 Å². The number of rotatable bonds is 9. The topological polar surface area (TPSA) is 88.4 Å². The van der Waals surface area contributed by atoms with Gasteiger partial charge in [0.25, 0.3) is 0 Å². The van der Waals surface area contributed by atoms with Crippen LogP contribution in [0.1, 0.15) is 53.1 Å². The van der Waals surface area contributed by atoms with Gasteiger partial charge in [-0.15, -0.1) is 0 Å². The Kier molecular flexibility index (Phi) is 7.98. The van der Waals surface area contributed by atoms with Gasteiger partial charge in [-0.3, -0.25) is 0 Å². The van der Waals surface area contributed by atoms with Crippen molar-refractivity contribution in [2.24, 2.45) is 5.92 Å². The number of methoxy groups -OCH3 is 1. The number of allylic oxidation sites excluding steroid dienone is 2. The first kappa shape index (κ1) is 27.4. The van der Waals surface area contributed by atoms with Crippen LogP contribution in [0.3, 0.4) is 0 Å². The van der Waals surface area contributed by atoms with Gasteiger partial charge in [0.1, 0.15) is 18.2 Å². The van der Waals surface area contributed by atoms with Gasteiger partial charge in [-0.05, 0) is 61.4 Å². The molecule has 4 heterocycles. The van der Waals surface area contributed by atoms with Crippen LogP contribution >= 0.6 is 11.6 Å². The number of aromatic nitrogens is 4. The van der Waals surface area contributed by atoms with Crippen LogP contribution in [-0.4, -0.2) is 45.3 Å². The predicted octanol–water partition coefficient (Wildman–Crippen LogP) is 6.20. The Morgan fingerprint density at radius 1 is 1.20 bits per heavy atom. The number of nitrogens with zero attached hydrogens (tertiary/aromatic N) is 4. The lowest BCUT2D eigenvalue weighted by Crippen LogP contribution is -2.32. The standard InChI is InChI=1S/C31H30ClFN4O4/c1-39-31(38)22-14-27-30(34-16-22)36-28(37(27)17-24-11-12-40-24)13-19-5-7-20(8-6-19)26-3-2-4-29(35-26)41-18-21-9-10-23(32)15-25(21)33/h2-4,7,9-10,14-16,19,24H,5-6,8,11-13,17-18H2,1H3/t19?,24-/m0/s1. The van der Waals surface area contributed by atoms with Crippen LogP contribution in [0, 0.1) is 11.7 Å². The van der Waals surface area contributed by atoms with Crippen molar-refractivity contribution in [2.45, 2.75) is 51.4 Å². The average Bonchev–Trinajstić information content (AvgIpc) is 3.30. The van der Waals surface area contributed by atoms with E-state index in [0.29, 0.717) is 40.1 Å². The molecule has 1 saturated heterocycles. The Hall–Kier alpha value is -3.82. The molecule has 8 nitrogen and oxygen atoms in total. The second-order valence-corrected chi connectivity index (χ2v) is 10.9. The van der Waals surface area contributed by atoms with Gasteiger partial charge in [-0.1, -0.05) is 29.8 Å². The Morgan fingerprint density at radius 2 is 2.07 bits per heavy atom. The van der Waals surface area contributed by atoms with E-state index in [1.54, 1.807) is 18.2 Å². The Bertz CT molecular complexity index is 1620. The number of ether oxygens (including phenoxy) is 3. The van der Waals surface area contributed by atoms with Gasteiger partial charge in [-0.25, -0.2) is 24.1 Å². The van der Waals surface area contributed by atoms with Crippen LogP contribution in [0.25, 0.3) is 16.7 Å². The number of imidazole rings is 1. The van der Waals surface area contributed by atoms with Gasteiger partial charge in [0.05, 0.1) is 36.5 Å². The molecule has 3 aromatic heterocycles. The molecule has 1 aliphatic carbocycles. The largest absolute Gasteiger partial charge is 0.473 e. The number of hydrogen-bond acceptors (Lipinski definition) is 7. The minimum Gasteiger partial charge on any atom is -0.473 e. The van der Waals surface area contributed by atoms with Crippen molar-refractivity contribution in [2.75, 3.05) is 13.7 Å². The van der Waals surface area contributed by atoms with Crippen LogP contribution in [0.2, 0.25) is 5.02 Å². The first-order valence-electron chi connectivity index (χ1n) is 13.7. The lowest BCUT2D eigenvalue weighted by Gasteiger charge is -2.28. The summed E-state index contributed by atoms with van der Waals surface area (Å²) in [6, 6.07) is 12.0. The van der Waals surface area contributed by atoms with Gasteiger partial charge in [0.2, 0.25) is 5.88 Å².